The summed E-state index contributed by atoms with van der Waals surface area (Å²) >= 11 is 3.41. The largest absolute Gasteiger partial charge is 0.416 e. The molecule has 0 aliphatic carbocycles. The van der Waals surface area contributed by atoms with Gasteiger partial charge in [0.1, 0.15) is 0 Å². The van der Waals surface area contributed by atoms with E-state index in [0.29, 0.717) is 44.0 Å². The third kappa shape index (κ3) is 9.18. The number of piperazine rings is 1. The van der Waals surface area contributed by atoms with Gasteiger partial charge in [0.15, 0.2) is 0 Å². The molecule has 2 atom stereocenters. The highest BCUT2D eigenvalue weighted by Crippen LogP contribution is 2.33. The van der Waals surface area contributed by atoms with E-state index in [0.717, 1.165) is 16.1 Å². The minimum atomic E-state index is -4.44. The first kappa shape index (κ1) is 31.9. The van der Waals surface area contributed by atoms with Crippen molar-refractivity contribution in [1.29, 1.82) is 0 Å². The van der Waals surface area contributed by atoms with Gasteiger partial charge in [-0.3, -0.25) is 9.59 Å². The van der Waals surface area contributed by atoms with Gasteiger partial charge in [0.2, 0.25) is 11.8 Å². The maximum absolute atomic E-state index is 13.4. The number of ether oxygens (including phenoxy) is 1. The number of benzene rings is 2. The molecule has 2 aromatic carbocycles. The highest BCUT2D eigenvalue weighted by molar-refractivity contribution is 9.10. The van der Waals surface area contributed by atoms with Gasteiger partial charge in [-0.1, -0.05) is 28.1 Å². The number of rotatable bonds is 12. The second-order valence-electron chi connectivity index (χ2n) is 9.85. The Balaban J connectivity index is 1.69. The van der Waals surface area contributed by atoms with E-state index in [1.165, 1.54) is 12.1 Å². The lowest BCUT2D eigenvalue weighted by Gasteiger charge is -2.38. The van der Waals surface area contributed by atoms with Crippen molar-refractivity contribution in [2.24, 2.45) is 0 Å². The molecule has 1 fully saturated rings. The summed E-state index contributed by atoms with van der Waals surface area (Å²) in [6.07, 6.45) is -4.34. The molecule has 2 aromatic rings. The molecule has 1 saturated heterocycles. The molecule has 40 heavy (non-hydrogen) atoms. The SMILES string of the molecule is CNCC(=O)NC(CC(=O)N1CCN(c2ccc(C(F)(F)F)cc2CNC(C)COC)CC1)c1ccc(Br)cc1. The predicted octanol–water partition coefficient (Wildman–Crippen LogP) is 3.71. The number of carbonyl (C=O) groups is 2. The molecular weight excluding hydrogens is 591 g/mol. The predicted molar refractivity (Wildman–Crippen MR) is 152 cm³/mol. The lowest BCUT2D eigenvalue weighted by Crippen LogP contribution is -2.50. The number of halogens is 4. The number of hydrogen-bond donors (Lipinski definition) is 3. The Morgan fingerprint density at radius 3 is 2.35 bits per heavy atom. The molecule has 0 saturated carbocycles. The summed E-state index contributed by atoms with van der Waals surface area (Å²) < 4.78 is 46.3. The Labute approximate surface area is 241 Å². The molecule has 3 N–H and O–H groups in total. The van der Waals surface area contributed by atoms with Crippen LogP contribution in [0.3, 0.4) is 0 Å². The Morgan fingerprint density at radius 1 is 1.07 bits per heavy atom. The van der Waals surface area contributed by atoms with Gasteiger partial charge in [-0.25, -0.2) is 0 Å². The van der Waals surface area contributed by atoms with Crippen molar-refractivity contribution in [2.75, 3.05) is 58.4 Å². The number of alkyl halides is 3. The van der Waals surface area contributed by atoms with Crippen LogP contribution in [0.1, 0.15) is 36.1 Å². The fourth-order valence-corrected chi connectivity index (χ4v) is 4.92. The van der Waals surface area contributed by atoms with Gasteiger partial charge in [-0.05, 0) is 55.4 Å². The Morgan fingerprint density at radius 2 is 1.75 bits per heavy atom. The quantitative estimate of drug-likeness (QED) is 0.333. The first-order chi connectivity index (χ1) is 19.0. The van der Waals surface area contributed by atoms with Crippen LogP contribution in [0.25, 0.3) is 0 Å². The number of carbonyl (C=O) groups excluding carboxylic acids is 2. The van der Waals surface area contributed by atoms with Crippen molar-refractivity contribution < 1.29 is 27.5 Å². The average molecular weight is 629 g/mol. The second kappa shape index (κ2) is 14.8. The second-order valence-corrected chi connectivity index (χ2v) is 10.8. The lowest BCUT2D eigenvalue weighted by molar-refractivity contribution is -0.137. The van der Waals surface area contributed by atoms with E-state index < -0.39 is 17.8 Å². The van der Waals surface area contributed by atoms with E-state index in [1.54, 1.807) is 19.1 Å². The van der Waals surface area contributed by atoms with E-state index in [9.17, 15) is 22.8 Å². The number of methoxy groups -OCH3 is 1. The molecule has 0 radical (unpaired) electrons. The lowest BCUT2D eigenvalue weighted by atomic mass is 10.0. The number of nitrogens with one attached hydrogen (secondary N) is 3. The first-order valence-corrected chi connectivity index (χ1v) is 14.0. The molecule has 8 nitrogen and oxygen atoms in total. The van der Waals surface area contributed by atoms with E-state index in [-0.39, 0.29) is 37.4 Å². The van der Waals surface area contributed by atoms with Crippen LogP contribution < -0.4 is 20.9 Å². The molecule has 1 aliphatic rings. The monoisotopic (exact) mass is 627 g/mol. The number of nitrogens with zero attached hydrogens (tertiary/aromatic N) is 2. The van der Waals surface area contributed by atoms with Gasteiger partial charge >= 0.3 is 6.18 Å². The fourth-order valence-electron chi connectivity index (χ4n) is 4.66. The smallest absolute Gasteiger partial charge is 0.383 e. The molecule has 1 heterocycles. The molecular formula is C28H37BrF3N5O3. The highest BCUT2D eigenvalue weighted by atomic mass is 79.9. The molecule has 0 aromatic heterocycles. The molecule has 3 rings (SSSR count). The van der Waals surface area contributed by atoms with Crippen LogP contribution in [0.5, 0.6) is 0 Å². The minimum absolute atomic E-state index is 0.0332. The van der Waals surface area contributed by atoms with Crippen molar-refractivity contribution in [3.63, 3.8) is 0 Å². The Hall–Kier alpha value is -2.67. The Bertz CT molecular complexity index is 1130. The van der Waals surface area contributed by atoms with Gasteiger partial charge in [-0.15, -0.1) is 0 Å². The molecule has 1 aliphatic heterocycles. The van der Waals surface area contributed by atoms with Crippen molar-refractivity contribution >= 4 is 33.4 Å². The summed E-state index contributed by atoms with van der Waals surface area (Å²) in [6, 6.07) is 10.8. The topological polar surface area (TPSA) is 85.9 Å². The van der Waals surface area contributed by atoms with Gasteiger partial charge in [0.05, 0.1) is 31.2 Å². The number of likely N-dealkylation sites (N-methyl/N-ethyl adjacent to an activating group) is 1. The molecule has 2 amide bonds. The van der Waals surface area contributed by atoms with Crippen LogP contribution in [0.2, 0.25) is 0 Å². The van der Waals surface area contributed by atoms with Crippen molar-refractivity contribution in [3.05, 3.63) is 63.6 Å². The molecule has 0 bridgehead atoms. The summed E-state index contributed by atoms with van der Waals surface area (Å²) in [4.78, 5) is 29.3. The zero-order valence-corrected chi connectivity index (χ0v) is 24.6. The summed E-state index contributed by atoms with van der Waals surface area (Å²) in [7, 11) is 3.25. The van der Waals surface area contributed by atoms with E-state index in [1.807, 2.05) is 36.1 Å². The maximum Gasteiger partial charge on any atom is 0.416 e. The van der Waals surface area contributed by atoms with Crippen molar-refractivity contribution in [1.82, 2.24) is 20.9 Å². The number of anilines is 1. The summed E-state index contributed by atoms with van der Waals surface area (Å²) in [5.74, 6) is -0.309. The number of amides is 2. The summed E-state index contributed by atoms with van der Waals surface area (Å²) in [6.45, 7) is 4.53. The van der Waals surface area contributed by atoms with Crippen LogP contribution in [0.15, 0.2) is 46.9 Å². The van der Waals surface area contributed by atoms with Crippen LogP contribution >= 0.6 is 15.9 Å². The molecule has 12 heteroatoms. The van der Waals surface area contributed by atoms with Crippen LogP contribution in [-0.4, -0.2) is 76.2 Å². The molecule has 220 valence electrons. The molecule has 0 spiro atoms. The Kier molecular flexibility index (Phi) is 11.8. The maximum atomic E-state index is 13.4. The van der Waals surface area contributed by atoms with Gasteiger partial charge in [0, 0.05) is 56.0 Å². The van der Waals surface area contributed by atoms with E-state index in [2.05, 4.69) is 31.9 Å². The number of hydrogen-bond acceptors (Lipinski definition) is 6. The zero-order valence-electron chi connectivity index (χ0n) is 23.0. The van der Waals surface area contributed by atoms with Gasteiger partial charge in [-0.2, -0.15) is 13.2 Å². The minimum Gasteiger partial charge on any atom is -0.383 e. The summed E-state index contributed by atoms with van der Waals surface area (Å²) in [5.41, 5.74) is 1.38. The normalized spacial score (nSPS) is 15.6. The average Bonchev–Trinajstić information content (AvgIpc) is 2.91. The van der Waals surface area contributed by atoms with Crippen molar-refractivity contribution in [2.45, 2.75) is 38.1 Å². The van der Waals surface area contributed by atoms with Crippen LogP contribution in [0.4, 0.5) is 18.9 Å². The summed E-state index contributed by atoms with van der Waals surface area (Å²) in [5, 5.41) is 8.97. The molecule has 2 unspecified atom stereocenters. The van der Waals surface area contributed by atoms with Crippen molar-refractivity contribution in [3.8, 4) is 0 Å². The van der Waals surface area contributed by atoms with Crippen LogP contribution in [0, 0.1) is 0 Å². The first-order valence-electron chi connectivity index (χ1n) is 13.2. The van der Waals surface area contributed by atoms with E-state index in [4.69, 9.17) is 4.74 Å². The zero-order chi connectivity index (χ0) is 29.3. The van der Waals surface area contributed by atoms with Gasteiger partial charge < -0.3 is 30.5 Å². The highest BCUT2D eigenvalue weighted by Gasteiger charge is 2.32. The third-order valence-corrected chi connectivity index (χ3v) is 7.29. The van der Waals surface area contributed by atoms with Gasteiger partial charge in [0.25, 0.3) is 0 Å². The fraction of sp³-hybridized carbons (Fsp3) is 0.500. The third-order valence-electron chi connectivity index (χ3n) is 6.76. The van der Waals surface area contributed by atoms with E-state index >= 15 is 0 Å². The standard InChI is InChI=1S/C28H37BrF3N5O3/c1-19(18-40-3)34-16-21-14-22(28(30,31)32)6-9-25(21)36-10-12-37(13-11-36)27(39)15-24(35-26(38)17-33-2)20-4-7-23(29)8-5-20/h4-9,14,19,24,33-34H,10-13,15-18H2,1-3H3,(H,35,38). The van der Waals surface area contributed by atoms with Crippen LogP contribution in [-0.2, 0) is 27.0 Å².